The number of carbonyl (C=O) groups excluding carboxylic acids is 1. The second-order valence-electron chi connectivity index (χ2n) is 3.86. The Labute approximate surface area is 91.2 Å². The van der Waals surface area contributed by atoms with Gasteiger partial charge in [0, 0.05) is 6.54 Å². The number of nitrogens with one attached hydrogen (secondary N) is 1. The van der Waals surface area contributed by atoms with Crippen molar-refractivity contribution in [1.29, 1.82) is 5.26 Å². The highest BCUT2D eigenvalue weighted by Crippen LogP contribution is 2.24. The van der Waals surface area contributed by atoms with Crippen LogP contribution in [0.2, 0.25) is 0 Å². The maximum absolute atomic E-state index is 11.6. The molecule has 0 aromatic carbocycles. The number of rotatable bonds is 2. The van der Waals surface area contributed by atoms with E-state index in [0.29, 0.717) is 12.1 Å². The van der Waals surface area contributed by atoms with E-state index in [1.165, 1.54) is 12.8 Å². The van der Waals surface area contributed by atoms with E-state index in [1.807, 2.05) is 6.92 Å². The van der Waals surface area contributed by atoms with E-state index in [-0.39, 0.29) is 5.91 Å². The summed E-state index contributed by atoms with van der Waals surface area (Å²) >= 11 is 0. The first-order chi connectivity index (χ1) is 7.29. The minimum absolute atomic E-state index is 0.197. The third kappa shape index (κ3) is 3.39. The average molecular weight is 206 g/mol. The van der Waals surface area contributed by atoms with Crippen LogP contribution in [0.5, 0.6) is 0 Å². The summed E-state index contributed by atoms with van der Waals surface area (Å²) in [6.07, 6.45) is 6.50. The molecule has 1 aliphatic carbocycles. The van der Waals surface area contributed by atoms with Crippen molar-refractivity contribution in [3.63, 3.8) is 0 Å². The summed E-state index contributed by atoms with van der Waals surface area (Å²) in [5.41, 5.74) is 1.42. The van der Waals surface area contributed by atoms with Gasteiger partial charge < -0.3 is 5.32 Å². The lowest BCUT2D eigenvalue weighted by atomic mass is 10.0. The number of hydrogen-bond acceptors (Lipinski definition) is 2. The Hall–Kier alpha value is -1.30. The number of likely N-dealkylation sites (N-methyl/N-ethyl adjacent to an activating group) is 1. The molecule has 0 heterocycles. The van der Waals surface area contributed by atoms with Crippen molar-refractivity contribution in [2.75, 3.05) is 6.54 Å². The number of carbonyl (C=O) groups is 1. The number of hydrogen-bond donors (Lipinski definition) is 1. The molecule has 0 aliphatic heterocycles. The van der Waals surface area contributed by atoms with Crippen LogP contribution in [-0.2, 0) is 4.79 Å². The molecule has 1 fully saturated rings. The Morgan fingerprint density at radius 3 is 2.40 bits per heavy atom. The number of nitrogens with zero attached hydrogens (tertiary/aromatic N) is 1. The van der Waals surface area contributed by atoms with Crippen molar-refractivity contribution in [2.45, 2.75) is 45.4 Å². The third-order valence-corrected chi connectivity index (χ3v) is 2.74. The van der Waals surface area contributed by atoms with E-state index >= 15 is 0 Å². The first kappa shape index (κ1) is 11.8. The molecule has 15 heavy (non-hydrogen) atoms. The maximum Gasteiger partial charge on any atom is 0.261 e. The van der Waals surface area contributed by atoms with Gasteiger partial charge in [0.05, 0.1) is 0 Å². The largest absolute Gasteiger partial charge is 0.352 e. The van der Waals surface area contributed by atoms with Gasteiger partial charge in [0.2, 0.25) is 0 Å². The maximum atomic E-state index is 11.6. The van der Waals surface area contributed by atoms with Crippen LogP contribution in [0.25, 0.3) is 0 Å². The molecular weight excluding hydrogens is 188 g/mol. The summed E-state index contributed by atoms with van der Waals surface area (Å²) in [7, 11) is 0. The molecule has 1 N–H and O–H groups in total. The third-order valence-electron chi connectivity index (χ3n) is 2.74. The van der Waals surface area contributed by atoms with Gasteiger partial charge in [-0.15, -0.1) is 0 Å². The second kappa shape index (κ2) is 6.23. The lowest BCUT2D eigenvalue weighted by molar-refractivity contribution is -0.117. The van der Waals surface area contributed by atoms with Gasteiger partial charge in [-0.05, 0) is 38.2 Å². The summed E-state index contributed by atoms with van der Waals surface area (Å²) < 4.78 is 0. The van der Waals surface area contributed by atoms with Crippen LogP contribution in [0, 0.1) is 11.3 Å². The standard InChI is InChI=1S/C12H18N2O/c1-2-14-12(15)11(9-13)10-7-5-3-4-6-8-10/h2-8H2,1H3,(H,14,15). The summed E-state index contributed by atoms with van der Waals surface area (Å²) in [4.78, 5) is 11.6. The fourth-order valence-electron chi connectivity index (χ4n) is 1.94. The van der Waals surface area contributed by atoms with Crippen molar-refractivity contribution in [1.82, 2.24) is 5.32 Å². The van der Waals surface area contributed by atoms with E-state index in [9.17, 15) is 4.79 Å². The van der Waals surface area contributed by atoms with Crippen LogP contribution in [0.4, 0.5) is 0 Å². The molecule has 0 spiro atoms. The van der Waals surface area contributed by atoms with Gasteiger partial charge in [-0.1, -0.05) is 12.8 Å². The van der Waals surface area contributed by atoms with Crippen LogP contribution >= 0.6 is 0 Å². The van der Waals surface area contributed by atoms with Gasteiger partial charge in [0.1, 0.15) is 11.6 Å². The lowest BCUT2D eigenvalue weighted by Gasteiger charge is -2.06. The van der Waals surface area contributed by atoms with Crippen molar-refractivity contribution in [3.8, 4) is 6.07 Å². The average Bonchev–Trinajstić information content (AvgIpc) is 2.48. The minimum atomic E-state index is -0.197. The highest BCUT2D eigenvalue weighted by molar-refractivity contribution is 5.98. The highest BCUT2D eigenvalue weighted by atomic mass is 16.1. The van der Waals surface area contributed by atoms with Crippen molar-refractivity contribution >= 4 is 5.91 Å². The van der Waals surface area contributed by atoms with E-state index in [0.717, 1.165) is 31.3 Å². The molecular formula is C12H18N2O. The molecule has 0 unspecified atom stereocenters. The Kier molecular flexibility index (Phi) is 4.89. The Morgan fingerprint density at radius 1 is 1.33 bits per heavy atom. The Bertz CT molecular complexity index is 289. The molecule has 0 aromatic rings. The normalized spacial score (nSPS) is 16.4. The topological polar surface area (TPSA) is 52.9 Å². The molecule has 1 amide bonds. The van der Waals surface area contributed by atoms with Gasteiger partial charge in [-0.3, -0.25) is 4.79 Å². The van der Waals surface area contributed by atoms with Gasteiger partial charge >= 0.3 is 0 Å². The zero-order chi connectivity index (χ0) is 11.1. The smallest absolute Gasteiger partial charge is 0.261 e. The van der Waals surface area contributed by atoms with E-state index in [4.69, 9.17) is 5.26 Å². The van der Waals surface area contributed by atoms with Gasteiger partial charge in [-0.2, -0.15) is 5.26 Å². The van der Waals surface area contributed by atoms with Crippen molar-refractivity contribution in [2.24, 2.45) is 0 Å². The first-order valence-electron chi connectivity index (χ1n) is 5.70. The van der Waals surface area contributed by atoms with Gasteiger partial charge in [-0.25, -0.2) is 0 Å². The number of allylic oxidation sites excluding steroid dienone is 1. The SMILES string of the molecule is CCNC(=O)C(C#N)=C1CCCCCC1. The molecule has 0 atom stereocenters. The Balaban J connectivity index is 2.81. The van der Waals surface area contributed by atoms with E-state index in [2.05, 4.69) is 11.4 Å². The number of nitriles is 1. The molecule has 1 rings (SSSR count). The van der Waals surface area contributed by atoms with Crippen LogP contribution in [0.1, 0.15) is 45.4 Å². The van der Waals surface area contributed by atoms with Crippen molar-refractivity contribution < 1.29 is 4.79 Å². The van der Waals surface area contributed by atoms with Crippen molar-refractivity contribution in [3.05, 3.63) is 11.1 Å². The molecule has 3 nitrogen and oxygen atoms in total. The highest BCUT2D eigenvalue weighted by Gasteiger charge is 2.15. The second-order valence-corrected chi connectivity index (χ2v) is 3.86. The van der Waals surface area contributed by atoms with Crippen LogP contribution in [0.3, 0.4) is 0 Å². The molecule has 0 radical (unpaired) electrons. The molecule has 0 aromatic heterocycles. The summed E-state index contributed by atoms with van der Waals surface area (Å²) in [6.45, 7) is 2.45. The fraction of sp³-hybridized carbons (Fsp3) is 0.667. The summed E-state index contributed by atoms with van der Waals surface area (Å²) in [5.74, 6) is -0.197. The minimum Gasteiger partial charge on any atom is -0.352 e. The fourth-order valence-corrected chi connectivity index (χ4v) is 1.94. The van der Waals surface area contributed by atoms with Crippen LogP contribution in [-0.4, -0.2) is 12.5 Å². The lowest BCUT2D eigenvalue weighted by Crippen LogP contribution is -2.24. The van der Waals surface area contributed by atoms with Gasteiger partial charge in [0.15, 0.2) is 0 Å². The first-order valence-corrected chi connectivity index (χ1v) is 5.70. The van der Waals surface area contributed by atoms with E-state index < -0.39 is 0 Å². The van der Waals surface area contributed by atoms with E-state index in [1.54, 1.807) is 0 Å². The quantitative estimate of drug-likeness (QED) is 0.428. The van der Waals surface area contributed by atoms with Crippen LogP contribution < -0.4 is 5.32 Å². The zero-order valence-electron chi connectivity index (χ0n) is 9.31. The number of amides is 1. The monoisotopic (exact) mass is 206 g/mol. The molecule has 3 heteroatoms. The summed E-state index contributed by atoms with van der Waals surface area (Å²) in [6, 6.07) is 2.05. The molecule has 0 saturated heterocycles. The van der Waals surface area contributed by atoms with Crippen LogP contribution in [0.15, 0.2) is 11.1 Å². The molecule has 82 valence electrons. The molecule has 0 bridgehead atoms. The predicted octanol–water partition coefficient (Wildman–Crippen LogP) is 2.30. The Morgan fingerprint density at radius 2 is 1.93 bits per heavy atom. The van der Waals surface area contributed by atoms with Gasteiger partial charge in [0.25, 0.3) is 5.91 Å². The molecule has 1 saturated carbocycles. The summed E-state index contributed by atoms with van der Waals surface area (Å²) in [5, 5.41) is 11.7. The molecule has 1 aliphatic rings. The predicted molar refractivity (Wildman–Crippen MR) is 59.0 cm³/mol. The zero-order valence-corrected chi connectivity index (χ0v) is 9.31.